The zero-order valence-electron chi connectivity index (χ0n) is 18.1. The molecule has 0 radical (unpaired) electrons. The molecule has 1 saturated heterocycles. The van der Waals surface area contributed by atoms with Crippen molar-refractivity contribution in [3.05, 3.63) is 53.6 Å². The molecule has 2 aromatic carbocycles. The normalized spacial score (nSPS) is 19.9. The Morgan fingerprint density at radius 3 is 2.52 bits per heavy atom. The number of carbonyl (C=O) groups excluding carboxylic acids is 1. The zero-order chi connectivity index (χ0) is 21.6. The van der Waals surface area contributed by atoms with Crippen LogP contribution in [0.25, 0.3) is 0 Å². The summed E-state index contributed by atoms with van der Waals surface area (Å²) in [6.07, 6.45) is 0.951. The molecule has 0 spiro atoms. The summed E-state index contributed by atoms with van der Waals surface area (Å²) >= 11 is 0. The van der Waals surface area contributed by atoms with E-state index in [1.54, 1.807) is 32.4 Å². The highest BCUT2D eigenvalue weighted by atomic mass is 16.6. The minimum Gasteiger partial charge on any atom is -0.493 e. The molecule has 0 bridgehead atoms. The van der Waals surface area contributed by atoms with Crippen molar-refractivity contribution in [2.75, 3.05) is 53.6 Å². The minimum atomic E-state index is -0.394. The molecule has 4 rings (SSSR count). The monoisotopic (exact) mass is 426 g/mol. The van der Waals surface area contributed by atoms with Crippen LogP contribution in [0.2, 0.25) is 0 Å². The second-order valence-corrected chi connectivity index (χ2v) is 7.81. The number of morpholine rings is 1. The molecular formula is C24H30N2O5. The lowest BCUT2D eigenvalue weighted by Gasteiger charge is -2.36. The van der Waals surface area contributed by atoms with Gasteiger partial charge in [0, 0.05) is 25.7 Å². The number of esters is 1. The van der Waals surface area contributed by atoms with E-state index in [9.17, 15) is 4.79 Å². The first-order valence-corrected chi connectivity index (χ1v) is 10.7. The van der Waals surface area contributed by atoms with Gasteiger partial charge < -0.3 is 24.3 Å². The van der Waals surface area contributed by atoms with Crippen molar-refractivity contribution in [3.8, 4) is 17.2 Å². The van der Waals surface area contributed by atoms with E-state index in [4.69, 9.17) is 18.9 Å². The van der Waals surface area contributed by atoms with Gasteiger partial charge in [-0.25, -0.2) is 0 Å². The number of methoxy groups -OCH3 is 2. The van der Waals surface area contributed by atoms with Gasteiger partial charge in [0.2, 0.25) is 5.75 Å². The summed E-state index contributed by atoms with van der Waals surface area (Å²) < 4.78 is 22.3. The Hall–Kier alpha value is -2.61. The van der Waals surface area contributed by atoms with Crippen molar-refractivity contribution in [1.29, 1.82) is 0 Å². The molecule has 1 N–H and O–H groups in total. The van der Waals surface area contributed by atoms with Crippen molar-refractivity contribution in [3.63, 3.8) is 0 Å². The number of hydrogen-bond donors (Lipinski definition) is 1. The van der Waals surface area contributed by atoms with Crippen molar-refractivity contribution >= 4 is 5.97 Å². The van der Waals surface area contributed by atoms with Crippen molar-refractivity contribution in [1.82, 2.24) is 10.2 Å². The third-order valence-corrected chi connectivity index (χ3v) is 6.00. The first-order valence-electron chi connectivity index (χ1n) is 10.7. The van der Waals surface area contributed by atoms with E-state index in [1.807, 2.05) is 6.07 Å². The van der Waals surface area contributed by atoms with Gasteiger partial charge in [-0.05, 0) is 36.2 Å². The Morgan fingerprint density at radius 2 is 1.81 bits per heavy atom. The van der Waals surface area contributed by atoms with Gasteiger partial charge in [0.15, 0.2) is 11.5 Å². The molecule has 0 aliphatic carbocycles. The fraction of sp³-hybridized carbons (Fsp3) is 0.458. The maximum atomic E-state index is 13.6. The third kappa shape index (κ3) is 4.84. The van der Waals surface area contributed by atoms with Crippen LogP contribution in [0.15, 0.2) is 42.5 Å². The molecule has 7 heteroatoms. The first kappa shape index (κ1) is 21.6. The standard InChI is InChI=1S/C24H30N2O5/c1-28-20-8-5-9-21(29-2)23(20)31-24(27)19(16-26-12-14-30-15-13-26)22-18-7-4-3-6-17(18)10-11-25-22/h3-9,19,22,25H,10-16H2,1-2H3. The topological polar surface area (TPSA) is 69.3 Å². The van der Waals surface area contributed by atoms with Gasteiger partial charge in [0.05, 0.1) is 33.4 Å². The lowest BCUT2D eigenvalue weighted by molar-refractivity contribution is -0.141. The summed E-state index contributed by atoms with van der Waals surface area (Å²) in [5, 5.41) is 3.57. The predicted molar refractivity (Wildman–Crippen MR) is 117 cm³/mol. The smallest absolute Gasteiger partial charge is 0.317 e. The number of benzene rings is 2. The Balaban J connectivity index is 1.64. The molecule has 166 valence electrons. The highest BCUT2D eigenvalue weighted by molar-refractivity contribution is 5.78. The van der Waals surface area contributed by atoms with E-state index in [2.05, 4.69) is 28.4 Å². The maximum Gasteiger partial charge on any atom is 0.317 e. The molecule has 0 amide bonds. The number of fused-ring (bicyclic) bond motifs is 1. The number of hydrogen-bond acceptors (Lipinski definition) is 7. The molecule has 31 heavy (non-hydrogen) atoms. The van der Waals surface area contributed by atoms with E-state index in [1.165, 1.54) is 5.56 Å². The molecule has 2 unspecified atom stereocenters. The minimum absolute atomic E-state index is 0.124. The maximum absolute atomic E-state index is 13.6. The van der Waals surface area contributed by atoms with Crippen LogP contribution in [0.3, 0.4) is 0 Å². The number of carbonyl (C=O) groups is 1. The molecule has 0 aromatic heterocycles. The van der Waals surface area contributed by atoms with Crippen LogP contribution in [0.5, 0.6) is 17.2 Å². The van der Waals surface area contributed by atoms with Crippen LogP contribution >= 0.6 is 0 Å². The van der Waals surface area contributed by atoms with Crippen LogP contribution in [-0.4, -0.2) is 64.5 Å². The zero-order valence-corrected chi connectivity index (χ0v) is 18.1. The highest BCUT2D eigenvalue weighted by Crippen LogP contribution is 2.38. The van der Waals surface area contributed by atoms with Crippen LogP contribution in [0.1, 0.15) is 17.2 Å². The second kappa shape index (κ2) is 10.1. The SMILES string of the molecule is COc1cccc(OC)c1OC(=O)C(CN1CCOCC1)C1NCCc2ccccc21. The van der Waals surface area contributed by atoms with E-state index in [-0.39, 0.29) is 12.0 Å². The quantitative estimate of drug-likeness (QED) is 0.539. The van der Waals surface area contributed by atoms with Gasteiger partial charge in [0.25, 0.3) is 0 Å². The summed E-state index contributed by atoms with van der Waals surface area (Å²) in [6, 6.07) is 13.5. The Labute approximate surface area is 183 Å². The molecule has 7 nitrogen and oxygen atoms in total. The predicted octanol–water partition coefficient (Wildman–Crippen LogP) is 2.44. The lowest BCUT2D eigenvalue weighted by atomic mass is 9.85. The Bertz CT molecular complexity index is 875. The summed E-state index contributed by atoms with van der Waals surface area (Å²) in [4.78, 5) is 15.9. The average Bonchev–Trinajstić information content (AvgIpc) is 2.83. The van der Waals surface area contributed by atoms with Gasteiger partial charge in [-0.2, -0.15) is 0 Å². The molecule has 2 aliphatic heterocycles. The van der Waals surface area contributed by atoms with E-state index in [0.717, 1.165) is 31.6 Å². The number of nitrogens with one attached hydrogen (secondary N) is 1. The largest absolute Gasteiger partial charge is 0.493 e. The third-order valence-electron chi connectivity index (χ3n) is 6.00. The number of rotatable bonds is 7. The van der Waals surface area contributed by atoms with E-state index < -0.39 is 5.92 Å². The van der Waals surface area contributed by atoms with Crippen LogP contribution < -0.4 is 19.5 Å². The molecule has 2 aliphatic rings. The van der Waals surface area contributed by atoms with Gasteiger partial charge in [-0.1, -0.05) is 30.3 Å². The second-order valence-electron chi connectivity index (χ2n) is 7.81. The van der Waals surface area contributed by atoms with Crippen molar-refractivity contribution < 1.29 is 23.7 Å². The van der Waals surface area contributed by atoms with Gasteiger partial charge >= 0.3 is 5.97 Å². The van der Waals surface area contributed by atoms with Crippen LogP contribution in [0, 0.1) is 5.92 Å². The number of ether oxygens (including phenoxy) is 4. The van der Waals surface area contributed by atoms with Gasteiger partial charge in [0.1, 0.15) is 0 Å². The lowest BCUT2D eigenvalue weighted by Crippen LogP contribution is -2.47. The Morgan fingerprint density at radius 1 is 1.10 bits per heavy atom. The van der Waals surface area contributed by atoms with Gasteiger partial charge in [-0.15, -0.1) is 0 Å². The molecular weight excluding hydrogens is 396 g/mol. The highest BCUT2D eigenvalue weighted by Gasteiger charge is 2.36. The molecule has 2 atom stereocenters. The molecule has 2 aromatic rings. The fourth-order valence-electron chi connectivity index (χ4n) is 4.37. The van der Waals surface area contributed by atoms with E-state index >= 15 is 0 Å². The first-order chi connectivity index (χ1) is 15.2. The van der Waals surface area contributed by atoms with Gasteiger partial charge in [-0.3, -0.25) is 9.69 Å². The Kier molecular flexibility index (Phi) is 7.06. The number of para-hydroxylation sites is 1. The fourth-order valence-corrected chi connectivity index (χ4v) is 4.37. The summed E-state index contributed by atoms with van der Waals surface area (Å²) in [5.74, 6) is 0.552. The van der Waals surface area contributed by atoms with Crippen LogP contribution in [-0.2, 0) is 16.0 Å². The molecule has 1 fully saturated rings. The molecule has 2 heterocycles. The van der Waals surface area contributed by atoms with Crippen molar-refractivity contribution in [2.24, 2.45) is 5.92 Å². The van der Waals surface area contributed by atoms with Crippen LogP contribution in [0.4, 0.5) is 0 Å². The van der Waals surface area contributed by atoms with Crippen molar-refractivity contribution in [2.45, 2.75) is 12.5 Å². The number of nitrogens with zero attached hydrogens (tertiary/aromatic N) is 1. The molecule has 0 saturated carbocycles. The summed E-state index contributed by atoms with van der Waals surface area (Å²) in [5.41, 5.74) is 2.44. The summed E-state index contributed by atoms with van der Waals surface area (Å²) in [7, 11) is 3.10. The average molecular weight is 427 g/mol. The van der Waals surface area contributed by atoms with E-state index in [0.29, 0.717) is 37.0 Å². The summed E-state index contributed by atoms with van der Waals surface area (Å²) in [6.45, 7) is 4.37.